The number of carbonyl (C=O) groups is 3. The Kier molecular flexibility index (Phi) is 9.72. The lowest BCUT2D eigenvalue weighted by molar-refractivity contribution is -0.219. The fourth-order valence-electron chi connectivity index (χ4n) is 2.79. The third-order valence-electron chi connectivity index (χ3n) is 4.43. The van der Waals surface area contributed by atoms with Crippen molar-refractivity contribution in [2.24, 2.45) is 0 Å². The highest BCUT2D eigenvalue weighted by Crippen LogP contribution is 2.32. The normalized spacial score (nSPS) is 10.8. The van der Waals surface area contributed by atoms with Gasteiger partial charge in [-0.25, -0.2) is 9.59 Å². The second kappa shape index (κ2) is 12.5. The monoisotopic (exact) mass is 452 g/mol. The van der Waals surface area contributed by atoms with E-state index in [1.54, 1.807) is 60.7 Å². The average Bonchev–Trinajstić information content (AvgIpc) is 2.83. The smallest absolute Gasteiger partial charge is 0.333 e. The number of ketones is 1. The number of Topliss-reactive ketones (excluding diaryl/α,β-unsaturated/α-hetero) is 1. The molecule has 0 saturated carbocycles. The van der Waals surface area contributed by atoms with Crippen molar-refractivity contribution < 1.29 is 33.3 Å². The summed E-state index contributed by atoms with van der Waals surface area (Å²) in [6.45, 7) is 9.65. The van der Waals surface area contributed by atoms with E-state index in [9.17, 15) is 14.4 Å². The van der Waals surface area contributed by atoms with Crippen LogP contribution in [0.3, 0.4) is 0 Å². The van der Waals surface area contributed by atoms with E-state index in [1.807, 2.05) is 0 Å². The van der Waals surface area contributed by atoms with Gasteiger partial charge in [0.05, 0.1) is 13.2 Å². The van der Waals surface area contributed by atoms with Crippen LogP contribution in [-0.4, -0.2) is 44.1 Å². The van der Waals surface area contributed by atoms with E-state index in [4.69, 9.17) is 18.9 Å². The van der Waals surface area contributed by atoms with Gasteiger partial charge in [-0.1, -0.05) is 73.8 Å². The highest BCUT2D eigenvalue weighted by atomic mass is 16.7. The predicted octanol–water partition coefficient (Wildman–Crippen LogP) is 3.99. The summed E-state index contributed by atoms with van der Waals surface area (Å²) in [5.41, 5.74) is 1.30. The van der Waals surface area contributed by atoms with E-state index in [0.29, 0.717) is 11.1 Å². The molecule has 0 atom stereocenters. The summed E-state index contributed by atoms with van der Waals surface area (Å²) < 4.78 is 22.1. The topological polar surface area (TPSA) is 88.1 Å². The predicted molar refractivity (Wildman–Crippen MR) is 122 cm³/mol. The number of rotatable bonds is 13. The van der Waals surface area contributed by atoms with E-state index in [2.05, 4.69) is 13.2 Å². The maximum absolute atomic E-state index is 13.6. The molecular weight excluding hydrogens is 424 g/mol. The molecule has 0 aliphatic heterocycles. The Morgan fingerprint density at radius 1 is 0.697 bits per heavy atom. The summed E-state index contributed by atoms with van der Waals surface area (Å²) in [6, 6.07) is 17.2. The first kappa shape index (κ1) is 25.7. The molecule has 174 valence electrons. The third-order valence-corrected chi connectivity index (χ3v) is 4.43. The number of esters is 2. The minimum atomic E-state index is -1.85. The van der Waals surface area contributed by atoms with E-state index >= 15 is 0 Å². The molecular formula is C26H28O7. The van der Waals surface area contributed by atoms with Crippen LogP contribution in [0.2, 0.25) is 0 Å². The molecule has 7 heteroatoms. The lowest BCUT2D eigenvalue weighted by atomic mass is 9.95. The van der Waals surface area contributed by atoms with Crippen molar-refractivity contribution in [3.8, 4) is 0 Å². The number of hydrogen-bond donors (Lipinski definition) is 0. The lowest BCUT2D eigenvalue weighted by Crippen LogP contribution is -2.43. The first-order valence-electron chi connectivity index (χ1n) is 10.4. The summed E-state index contributed by atoms with van der Waals surface area (Å²) in [7, 11) is 0. The van der Waals surface area contributed by atoms with Crippen LogP contribution in [0.4, 0.5) is 0 Å². The van der Waals surface area contributed by atoms with Gasteiger partial charge >= 0.3 is 11.9 Å². The minimum Gasteiger partial charge on any atom is -0.460 e. The van der Waals surface area contributed by atoms with Crippen LogP contribution in [0, 0.1) is 0 Å². The first-order chi connectivity index (χ1) is 15.8. The van der Waals surface area contributed by atoms with Gasteiger partial charge in [-0.05, 0) is 13.8 Å². The second-order valence-corrected chi connectivity index (χ2v) is 7.21. The van der Waals surface area contributed by atoms with Gasteiger partial charge in [0.1, 0.15) is 13.2 Å². The van der Waals surface area contributed by atoms with Crippen molar-refractivity contribution in [1.29, 1.82) is 0 Å². The summed E-state index contributed by atoms with van der Waals surface area (Å²) in [5.74, 6) is -3.43. The van der Waals surface area contributed by atoms with Gasteiger partial charge in [0.25, 0.3) is 5.79 Å². The van der Waals surface area contributed by atoms with Crippen molar-refractivity contribution in [3.05, 3.63) is 96.1 Å². The molecule has 2 aromatic carbocycles. The molecule has 33 heavy (non-hydrogen) atoms. The molecule has 0 radical (unpaired) electrons. The molecule has 0 spiro atoms. The molecule has 2 aromatic rings. The summed E-state index contributed by atoms with van der Waals surface area (Å²) in [5, 5.41) is 0. The zero-order valence-electron chi connectivity index (χ0n) is 18.9. The van der Waals surface area contributed by atoms with Crippen LogP contribution >= 0.6 is 0 Å². The quantitative estimate of drug-likeness (QED) is 0.149. The van der Waals surface area contributed by atoms with E-state index in [1.165, 1.54) is 13.8 Å². The zero-order valence-corrected chi connectivity index (χ0v) is 18.9. The van der Waals surface area contributed by atoms with Crippen LogP contribution < -0.4 is 0 Å². The minimum absolute atomic E-state index is 0.115. The molecule has 7 nitrogen and oxygen atoms in total. The van der Waals surface area contributed by atoms with Crippen molar-refractivity contribution in [1.82, 2.24) is 0 Å². The highest BCUT2D eigenvalue weighted by molar-refractivity contribution is 6.02. The van der Waals surface area contributed by atoms with Crippen molar-refractivity contribution in [3.63, 3.8) is 0 Å². The largest absolute Gasteiger partial charge is 0.460 e. The highest BCUT2D eigenvalue weighted by Gasteiger charge is 2.43. The Balaban J connectivity index is 2.31. The third kappa shape index (κ3) is 7.24. The molecule has 0 N–H and O–H groups in total. The number of hydrogen-bond acceptors (Lipinski definition) is 7. The van der Waals surface area contributed by atoms with Gasteiger partial charge < -0.3 is 18.9 Å². The number of ether oxygens (including phenoxy) is 4. The Hall–Kier alpha value is -3.55. The lowest BCUT2D eigenvalue weighted by Gasteiger charge is -2.33. The Morgan fingerprint density at radius 2 is 1.12 bits per heavy atom. The Bertz CT molecular complexity index is 946. The Morgan fingerprint density at radius 3 is 1.55 bits per heavy atom. The molecule has 0 aliphatic carbocycles. The van der Waals surface area contributed by atoms with E-state index in [-0.39, 0.29) is 37.6 Å². The van der Waals surface area contributed by atoms with Crippen molar-refractivity contribution in [2.45, 2.75) is 19.6 Å². The van der Waals surface area contributed by atoms with Crippen LogP contribution in [0.15, 0.2) is 85.0 Å². The van der Waals surface area contributed by atoms with Crippen LogP contribution in [0.5, 0.6) is 0 Å². The van der Waals surface area contributed by atoms with Crippen molar-refractivity contribution in [2.75, 3.05) is 26.4 Å². The summed E-state index contributed by atoms with van der Waals surface area (Å²) in [6.07, 6.45) is 0. The maximum atomic E-state index is 13.6. The van der Waals surface area contributed by atoms with Gasteiger partial charge in [0, 0.05) is 22.3 Å². The molecule has 0 bridgehead atoms. The first-order valence-corrected chi connectivity index (χ1v) is 10.4. The van der Waals surface area contributed by atoms with Crippen LogP contribution in [-0.2, 0) is 34.3 Å². The summed E-state index contributed by atoms with van der Waals surface area (Å²) >= 11 is 0. The van der Waals surface area contributed by atoms with Crippen molar-refractivity contribution >= 4 is 17.7 Å². The van der Waals surface area contributed by atoms with Gasteiger partial charge in [-0.2, -0.15) is 0 Å². The van der Waals surface area contributed by atoms with E-state index in [0.717, 1.165) is 0 Å². The molecule has 0 saturated heterocycles. The van der Waals surface area contributed by atoms with E-state index < -0.39 is 23.5 Å². The van der Waals surface area contributed by atoms with Gasteiger partial charge in [0.2, 0.25) is 5.78 Å². The maximum Gasteiger partial charge on any atom is 0.333 e. The fraction of sp³-hybridized carbons (Fsp3) is 0.269. The summed E-state index contributed by atoms with van der Waals surface area (Å²) in [4.78, 5) is 37.0. The number of carbonyl (C=O) groups excluding carboxylic acids is 3. The molecule has 0 fully saturated rings. The standard InChI is InChI=1S/C26H28O7/c1-19(2)24(28)30-15-17-32-26(22-13-9-6-10-14-22,23(27)21-11-7-5-8-12-21)33-18-16-31-25(29)20(3)4/h5-14H,1,3,15-18H2,2,4H3. The number of benzene rings is 2. The fourth-order valence-corrected chi connectivity index (χ4v) is 2.79. The van der Waals surface area contributed by atoms with Gasteiger partial charge in [-0.3, -0.25) is 4.79 Å². The Labute approximate surface area is 193 Å². The molecule has 0 unspecified atom stereocenters. The average molecular weight is 453 g/mol. The molecule has 0 aliphatic rings. The molecule has 0 aromatic heterocycles. The zero-order chi connectivity index (χ0) is 24.3. The van der Waals surface area contributed by atoms with Crippen LogP contribution in [0.1, 0.15) is 29.8 Å². The molecule has 2 rings (SSSR count). The molecule has 0 heterocycles. The second-order valence-electron chi connectivity index (χ2n) is 7.21. The molecule has 0 amide bonds. The van der Waals surface area contributed by atoms with Crippen LogP contribution in [0.25, 0.3) is 0 Å². The SMILES string of the molecule is C=C(C)C(=O)OCCOC(OCCOC(=O)C(=C)C)(C(=O)c1ccccc1)c1ccccc1. The van der Waals surface area contributed by atoms with Gasteiger partial charge in [0.15, 0.2) is 0 Å². The van der Waals surface area contributed by atoms with Gasteiger partial charge in [-0.15, -0.1) is 0 Å².